The molecule has 0 aliphatic heterocycles. The zero-order valence-corrected chi connectivity index (χ0v) is 12.8. The number of benzene rings is 2. The predicted molar refractivity (Wildman–Crippen MR) is 82.9 cm³/mol. The first-order valence-corrected chi connectivity index (χ1v) is 7.13. The summed E-state index contributed by atoms with van der Waals surface area (Å²) in [5.41, 5.74) is 9.05. The van der Waals surface area contributed by atoms with Crippen LogP contribution in [-0.4, -0.2) is 6.54 Å². The summed E-state index contributed by atoms with van der Waals surface area (Å²) in [6.07, 6.45) is 0.869. The fourth-order valence-corrected chi connectivity index (χ4v) is 2.22. The SMILES string of the molecule is Cc1ccc(Br)cc1Oc1cc(CCN)ccc1C. The molecule has 0 atom stereocenters. The molecule has 0 fully saturated rings. The summed E-state index contributed by atoms with van der Waals surface area (Å²) >= 11 is 3.47. The summed E-state index contributed by atoms with van der Waals surface area (Å²) in [5, 5.41) is 0. The lowest BCUT2D eigenvalue weighted by Gasteiger charge is -2.12. The fraction of sp³-hybridized carbons (Fsp3) is 0.250. The van der Waals surface area contributed by atoms with Crippen LogP contribution in [-0.2, 0) is 6.42 Å². The van der Waals surface area contributed by atoms with E-state index in [0.717, 1.165) is 33.5 Å². The molecule has 2 nitrogen and oxygen atoms in total. The van der Waals surface area contributed by atoms with Gasteiger partial charge in [-0.05, 0) is 61.7 Å². The van der Waals surface area contributed by atoms with E-state index in [9.17, 15) is 0 Å². The molecule has 0 amide bonds. The minimum absolute atomic E-state index is 0.651. The van der Waals surface area contributed by atoms with Crippen LogP contribution < -0.4 is 10.5 Å². The molecular formula is C16H18BrNO. The Morgan fingerprint density at radius 3 is 2.32 bits per heavy atom. The highest BCUT2D eigenvalue weighted by atomic mass is 79.9. The molecule has 2 aromatic carbocycles. The quantitative estimate of drug-likeness (QED) is 0.908. The van der Waals surface area contributed by atoms with Crippen molar-refractivity contribution in [3.8, 4) is 11.5 Å². The molecule has 100 valence electrons. The maximum Gasteiger partial charge on any atom is 0.131 e. The minimum Gasteiger partial charge on any atom is -0.457 e. The number of halogens is 1. The maximum absolute atomic E-state index is 6.04. The lowest BCUT2D eigenvalue weighted by atomic mass is 10.1. The van der Waals surface area contributed by atoms with Gasteiger partial charge in [0, 0.05) is 4.47 Å². The number of aryl methyl sites for hydroxylation is 2. The average Bonchev–Trinajstić information content (AvgIpc) is 2.38. The third-order valence-electron chi connectivity index (χ3n) is 3.06. The van der Waals surface area contributed by atoms with Crippen molar-refractivity contribution in [3.05, 3.63) is 57.6 Å². The Labute approximate surface area is 122 Å². The van der Waals surface area contributed by atoms with Gasteiger partial charge in [0.2, 0.25) is 0 Å². The average molecular weight is 320 g/mol. The molecule has 2 aromatic rings. The van der Waals surface area contributed by atoms with Crippen molar-refractivity contribution in [2.45, 2.75) is 20.3 Å². The largest absolute Gasteiger partial charge is 0.457 e. The second kappa shape index (κ2) is 6.22. The van der Waals surface area contributed by atoms with Gasteiger partial charge in [0.05, 0.1) is 0 Å². The van der Waals surface area contributed by atoms with Crippen molar-refractivity contribution in [1.29, 1.82) is 0 Å². The summed E-state index contributed by atoms with van der Waals surface area (Å²) in [6.45, 7) is 4.74. The Morgan fingerprint density at radius 1 is 1.00 bits per heavy atom. The van der Waals surface area contributed by atoms with Crippen LogP contribution in [0.25, 0.3) is 0 Å². The highest BCUT2D eigenvalue weighted by molar-refractivity contribution is 9.10. The van der Waals surface area contributed by atoms with Crippen LogP contribution in [0.1, 0.15) is 16.7 Å². The third kappa shape index (κ3) is 3.58. The van der Waals surface area contributed by atoms with Gasteiger partial charge in [-0.25, -0.2) is 0 Å². The van der Waals surface area contributed by atoms with Crippen LogP contribution in [0, 0.1) is 13.8 Å². The van der Waals surface area contributed by atoms with Gasteiger partial charge >= 0.3 is 0 Å². The summed E-state index contributed by atoms with van der Waals surface area (Å²) in [7, 11) is 0. The van der Waals surface area contributed by atoms with Crippen LogP contribution >= 0.6 is 15.9 Å². The smallest absolute Gasteiger partial charge is 0.131 e. The van der Waals surface area contributed by atoms with Gasteiger partial charge in [0.15, 0.2) is 0 Å². The fourth-order valence-electron chi connectivity index (χ4n) is 1.88. The topological polar surface area (TPSA) is 35.2 Å². The molecule has 0 bridgehead atoms. The lowest BCUT2D eigenvalue weighted by molar-refractivity contribution is 0.474. The number of rotatable bonds is 4. The van der Waals surface area contributed by atoms with E-state index in [1.807, 2.05) is 25.1 Å². The second-order valence-corrected chi connectivity index (χ2v) is 5.57. The van der Waals surface area contributed by atoms with Crippen LogP contribution in [0.4, 0.5) is 0 Å². The molecule has 0 aromatic heterocycles. The lowest BCUT2D eigenvalue weighted by Crippen LogP contribution is -2.03. The maximum atomic E-state index is 6.04. The molecule has 3 heteroatoms. The summed E-state index contributed by atoms with van der Waals surface area (Å²) in [5.74, 6) is 1.77. The molecule has 0 unspecified atom stereocenters. The van der Waals surface area contributed by atoms with Crippen LogP contribution in [0.3, 0.4) is 0 Å². The zero-order chi connectivity index (χ0) is 13.8. The highest BCUT2D eigenvalue weighted by Gasteiger charge is 2.06. The number of hydrogen-bond donors (Lipinski definition) is 1. The monoisotopic (exact) mass is 319 g/mol. The molecule has 19 heavy (non-hydrogen) atoms. The van der Waals surface area contributed by atoms with E-state index in [1.165, 1.54) is 5.56 Å². The predicted octanol–water partition coefficient (Wildman–Crippen LogP) is 4.36. The van der Waals surface area contributed by atoms with Gasteiger partial charge in [-0.15, -0.1) is 0 Å². The number of ether oxygens (including phenoxy) is 1. The molecule has 0 radical (unpaired) electrons. The Bertz CT molecular complexity index is 581. The van der Waals surface area contributed by atoms with E-state index < -0.39 is 0 Å². The van der Waals surface area contributed by atoms with E-state index in [2.05, 4.69) is 41.1 Å². The summed E-state index contributed by atoms with van der Waals surface area (Å²) in [6, 6.07) is 12.3. The molecule has 2 rings (SSSR count). The van der Waals surface area contributed by atoms with Gasteiger partial charge in [0.1, 0.15) is 11.5 Å². The van der Waals surface area contributed by atoms with E-state index >= 15 is 0 Å². The van der Waals surface area contributed by atoms with Gasteiger partial charge in [-0.1, -0.05) is 34.1 Å². The first-order valence-electron chi connectivity index (χ1n) is 6.34. The Balaban J connectivity index is 2.31. The van der Waals surface area contributed by atoms with E-state index in [-0.39, 0.29) is 0 Å². The Kier molecular flexibility index (Phi) is 4.61. The summed E-state index contributed by atoms with van der Waals surface area (Å²) in [4.78, 5) is 0. The molecule has 0 aliphatic carbocycles. The van der Waals surface area contributed by atoms with Crippen molar-refractivity contribution in [1.82, 2.24) is 0 Å². The van der Waals surface area contributed by atoms with Crippen molar-refractivity contribution >= 4 is 15.9 Å². The highest BCUT2D eigenvalue weighted by Crippen LogP contribution is 2.30. The zero-order valence-electron chi connectivity index (χ0n) is 11.2. The van der Waals surface area contributed by atoms with Crippen LogP contribution in [0.15, 0.2) is 40.9 Å². The second-order valence-electron chi connectivity index (χ2n) is 4.65. The van der Waals surface area contributed by atoms with Crippen molar-refractivity contribution in [3.63, 3.8) is 0 Å². The van der Waals surface area contributed by atoms with Gasteiger partial charge in [-0.3, -0.25) is 0 Å². The molecular weight excluding hydrogens is 302 g/mol. The molecule has 2 N–H and O–H groups in total. The van der Waals surface area contributed by atoms with Gasteiger partial charge in [-0.2, -0.15) is 0 Å². The normalized spacial score (nSPS) is 10.5. The summed E-state index contributed by atoms with van der Waals surface area (Å²) < 4.78 is 7.05. The molecule has 0 saturated heterocycles. The van der Waals surface area contributed by atoms with Gasteiger partial charge < -0.3 is 10.5 Å². The molecule has 0 spiro atoms. The van der Waals surface area contributed by atoms with Crippen LogP contribution in [0.5, 0.6) is 11.5 Å². The van der Waals surface area contributed by atoms with E-state index in [1.54, 1.807) is 0 Å². The number of hydrogen-bond acceptors (Lipinski definition) is 2. The first kappa shape index (κ1) is 14.1. The molecule has 0 aliphatic rings. The van der Waals surface area contributed by atoms with E-state index in [4.69, 9.17) is 10.5 Å². The third-order valence-corrected chi connectivity index (χ3v) is 3.55. The standard InChI is InChI=1S/C16H18BrNO/c1-11-3-5-13(7-8-18)9-15(11)19-16-10-14(17)6-4-12(16)2/h3-6,9-10H,7-8,18H2,1-2H3. The van der Waals surface area contributed by atoms with Gasteiger partial charge in [0.25, 0.3) is 0 Å². The first-order chi connectivity index (χ1) is 9.10. The Hall–Kier alpha value is -1.32. The Morgan fingerprint density at radius 2 is 1.63 bits per heavy atom. The van der Waals surface area contributed by atoms with Crippen LogP contribution in [0.2, 0.25) is 0 Å². The molecule has 0 heterocycles. The van der Waals surface area contributed by atoms with Crippen molar-refractivity contribution < 1.29 is 4.74 Å². The minimum atomic E-state index is 0.651. The number of nitrogens with two attached hydrogens (primary N) is 1. The molecule has 0 saturated carbocycles. The van der Waals surface area contributed by atoms with Crippen molar-refractivity contribution in [2.24, 2.45) is 5.73 Å². The van der Waals surface area contributed by atoms with E-state index in [0.29, 0.717) is 6.54 Å². The van der Waals surface area contributed by atoms with Crippen molar-refractivity contribution in [2.75, 3.05) is 6.54 Å².